The van der Waals surface area contributed by atoms with E-state index in [4.69, 9.17) is 0 Å². The third kappa shape index (κ3) is 1.98. The first-order valence-electron chi connectivity index (χ1n) is 4.35. The lowest BCUT2D eigenvalue weighted by Gasteiger charge is -2.19. The normalized spacial score (nSPS) is 33.6. The SMILES string of the molecule is C[C@@H]1CCC[C@@H]1CN(C)C. The van der Waals surface area contributed by atoms with Gasteiger partial charge in [-0.2, -0.15) is 0 Å². The van der Waals surface area contributed by atoms with Gasteiger partial charge in [-0.25, -0.2) is 0 Å². The third-order valence-corrected chi connectivity index (χ3v) is 2.64. The van der Waals surface area contributed by atoms with Gasteiger partial charge >= 0.3 is 0 Å². The highest BCUT2D eigenvalue weighted by Crippen LogP contribution is 2.31. The van der Waals surface area contributed by atoms with Crippen molar-refractivity contribution >= 4 is 0 Å². The summed E-state index contributed by atoms with van der Waals surface area (Å²) in [5.41, 5.74) is 0. The van der Waals surface area contributed by atoms with Crippen LogP contribution in [0.3, 0.4) is 0 Å². The van der Waals surface area contributed by atoms with Gasteiger partial charge in [0.2, 0.25) is 0 Å². The molecule has 0 saturated heterocycles. The topological polar surface area (TPSA) is 3.24 Å². The Bertz CT molecular complexity index is 98.9. The molecule has 0 aliphatic heterocycles. The average molecular weight is 141 g/mol. The molecule has 2 atom stereocenters. The Balaban J connectivity index is 2.26. The minimum absolute atomic E-state index is 0.974. The summed E-state index contributed by atoms with van der Waals surface area (Å²) >= 11 is 0. The zero-order valence-electron chi connectivity index (χ0n) is 7.43. The summed E-state index contributed by atoms with van der Waals surface area (Å²) in [5.74, 6) is 1.96. The summed E-state index contributed by atoms with van der Waals surface area (Å²) in [5, 5.41) is 0. The molecule has 0 N–H and O–H groups in total. The molecule has 1 aliphatic rings. The Labute approximate surface area is 64.4 Å². The van der Waals surface area contributed by atoms with Crippen molar-refractivity contribution in [3.05, 3.63) is 0 Å². The molecule has 0 unspecified atom stereocenters. The highest BCUT2D eigenvalue weighted by atomic mass is 15.1. The summed E-state index contributed by atoms with van der Waals surface area (Å²) in [4.78, 5) is 2.31. The summed E-state index contributed by atoms with van der Waals surface area (Å²) < 4.78 is 0. The zero-order chi connectivity index (χ0) is 7.56. The van der Waals surface area contributed by atoms with E-state index >= 15 is 0 Å². The molecule has 0 amide bonds. The Morgan fingerprint density at radius 2 is 2.00 bits per heavy atom. The van der Waals surface area contributed by atoms with E-state index in [1.54, 1.807) is 0 Å². The molecule has 1 saturated carbocycles. The highest BCUT2D eigenvalue weighted by Gasteiger charge is 2.23. The van der Waals surface area contributed by atoms with Crippen LogP contribution >= 0.6 is 0 Å². The van der Waals surface area contributed by atoms with Crippen molar-refractivity contribution in [3.8, 4) is 0 Å². The fourth-order valence-electron chi connectivity index (χ4n) is 1.96. The highest BCUT2D eigenvalue weighted by molar-refractivity contribution is 4.75. The fourth-order valence-corrected chi connectivity index (χ4v) is 1.96. The second kappa shape index (κ2) is 3.38. The van der Waals surface area contributed by atoms with Crippen molar-refractivity contribution in [3.63, 3.8) is 0 Å². The molecular weight excluding hydrogens is 122 g/mol. The Kier molecular flexibility index (Phi) is 2.72. The van der Waals surface area contributed by atoms with Crippen molar-refractivity contribution in [1.29, 1.82) is 0 Å². The molecular formula is C9H19N. The van der Waals surface area contributed by atoms with Gasteiger partial charge in [-0.05, 0) is 32.4 Å². The number of hydrogen-bond donors (Lipinski definition) is 0. The first kappa shape index (κ1) is 8.06. The minimum atomic E-state index is 0.974. The van der Waals surface area contributed by atoms with Gasteiger partial charge in [0.05, 0.1) is 0 Å². The summed E-state index contributed by atoms with van der Waals surface area (Å²) in [6.45, 7) is 3.68. The number of nitrogens with zero attached hydrogens (tertiary/aromatic N) is 1. The van der Waals surface area contributed by atoms with Crippen LogP contribution in [0.25, 0.3) is 0 Å². The quantitative estimate of drug-likeness (QED) is 0.568. The molecule has 60 valence electrons. The van der Waals surface area contributed by atoms with Crippen LogP contribution in [0.2, 0.25) is 0 Å². The second-order valence-corrected chi connectivity index (χ2v) is 3.93. The number of hydrogen-bond acceptors (Lipinski definition) is 1. The van der Waals surface area contributed by atoms with Crippen LogP contribution in [0, 0.1) is 11.8 Å². The van der Waals surface area contributed by atoms with E-state index in [2.05, 4.69) is 25.9 Å². The lowest BCUT2D eigenvalue weighted by Crippen LogP contribution is -2.22. The molecule has 1 heteroatoms. The van der Waals surface area contributed by atoms with Crippen LogP contribution in [-0.4, -0.2) is 25.5 Å². The van der Waals surface area contributed by atoms with E-state index in [1.165, 1.54) is 25.8 Å². The van der Waals surface area contributed by atoms with E-state index in [0.29, 0.717) is 0 Å². The van der Waals surface area contributed by atoms with Crippen molar-refractivity contribution in [1.82, 2.24) is 4.90 Å². The maximum absolute atomic E-state index is 2.39. The second-order valence-electron chi connectivity index (χ2n) is 3.93. The van der Waals surface area contributed by atoms with E-state index < -0.39 is 0 Å². The smallest absolute Gasteiger partial charge is 0.000610 e. The van der Waals surface area contributed by atoms with Gasteiger partial charge in [0.15, 0.2) is 0 Å². The van der Waals surface area contributed by atoms with Crippen molar-refractivity contribution < 1.29 is 0 Å². The van der Waals surface area contributed by atoms with Crippen LogP contribution in [-0.2, 0) is 0 Å². The maximum Gasteiger partial charge on any atom is 0.000610 e. The average Bonchev–Trinajstić information content (AvgIpc) is 2.15. The van der Waals surface area contributed by atoms with Crippen LogP contribution in [0.15, 0.2) is 0 Å². The zero-order valence-corrected chi connectivity index (χ0v) is 7.43. The van der Waals surface area contributed by atoms with Crippen LogP contribution in [0.5, 0.6) is 0 Å². The first-order chi connectivity index (χ1) is 4.70. The Hall–Kier alpha value is -0.0400. The molecule has 0 spiro atoms. The first-order valence-corrected chi connectivity index (χ1v) is 4.35. The Morgan fingerprint density at radius 1 is 1.30 bits per heavy atom. The van der Waals surface area contributed by atoms with E-state index in [9.17, 15) is 0 Å². The van der Waals surface area contributed by atoms with E-state index in [1.807, 2.05) is 0 Å². The summed E-state index contributed by atoms with van der Waals surface area (Å²) in [6, 6.07) is 0. The van der Waals surface area contributed by atoms with Gasteiger partial charge in [-0.15, -0.1) is 0 Å². The largest absolute Gasteiger partial charge is 0.309 e. The molecule has 1 nitrogen and oxygen atoms in total. The predicted octanol–water partition coefficient (Wildman–Crippen LogP) is 1.98. The molecule has 10 heavy (non-hydrogen) atoms. The molecule has 1 aliphatic carbocycles. The molecule has 0 heterocycles. The van der Waals surface area contributed by atoms with Crippen molar-refractivity contribution in [2.24, 2.45) is 11.8 Å². The van der Waals surface area contributed by atoms with E-state index in [-0.39, 0.29) is 0 Å². The van der Waals surface area contributed by atoms with Crippen LogP contribution in [0.4, 0.5) is 0 Å². The molecule has 1 rings (SSSR count). The summed E-state index contributed by atoms with van der Waals surface area (Å²) in [7, 11) is 4.34. The lowest BCUT2D eigenvalue weighted by atomic mass is 9.98. The molecule has 0 bridgehead atoms. The summed E-state index contributed by atoms with van der Waals surface area (Å²) in [6.07, 6.45) is 4.37. The fraction of sp³-hybridized carbons (Fsp3) is 1.00. The molecule has 0 radical (unpaired) electrons. The molecule has 0 aromatic rings. The van der Waals surface area contributed by atoms with E-state index in [0.717, 1.165) is 11.8 Å². The molecule has 1 fully saturated rings. The van der Waals surface area contributed by atoms with Crippen molar-refractivity contribution in [2.45, 2.75) is 26.2 Å². The van der Waals surface area contributed by atoms with Crippen LogP contribution in [0.1, 0.15) is 26.2 Å². The van der Waals surface area contributed by atoms with Gasteiger partial charge in [-0.1, -0.05) is 19.8 Å². The predicted molar refractivity (Wildman–Crippen MR) is 45.1 cm³/mol. The van der Waals surface area contributed by atoms with Gasteiger partial charge in [0.25, 0.3) is 0 Å². The lowest BCUT2D eigenvalue weighted by molar-refractivity contribution is 0.286. The third-order valence-electron chi connectivity index (χ3n) is 2.64. The minimum Gasteiger partial charge on any atom is -0.309 e. The monoisotopic (exact) mass is 141 g/mol. The van der Waals surface area contributed by atoms with Gasteiger partial charge < -0.3 is 4.90 Å². The standard InChI is InChI=1S/C9H19N/c1-8-5-4-6-9(8)7-10(2)3/h8-9H,4-7H2,1-3H3/t8-,9-/m1/s1. The van der Waals surface area contributed by atoms with Gasteiger partial charge in [0.1, 0.15) is 0 Å². The number of rotatable bonds is 2. The molecule has 0 aromatic carbocycles. The molecule has 0 aromatic heterocycles. The maximum atomic E-state index is 2.39. The Morgan fingerprint density at radius 3 is 2.40 bits per heavy atom. The van der Waals surface area contributed by atoms with Crippen LogP contribution < -0.4 is 0 Å². The van der Waals surface area contributed by atoms with Gasteiger partial charge in [0, 0.05) is 6.54 Å². The van der Waals surface area contributed by atoms with Gasteiger partial charge in [-0.3, -0.25) is 0 Å². The van der Waals surface area contributed by atoms with Crippen molar-refractivity contribution in [2.75, 3.05) is 20.6 Å².